The Labute approximate surface area is 147 Å². The Bertz CT molecular complexity index is 735. The van der Waals surface area contributed by atoms with E-state index in [0.717, 1.165) is 11.5 Å². The highest BCUT2D eigenvalue weighted by Gasteiger charge is 2.22. The Hall–Kier alpha value is -2.73. The lowest BCUT2D eigenvalue weighted by atomic mass is 10.2. The molecule has 0 spiro atoms. The summed E-state index contributed by atoms with van der Waals surface area (Å²) >= 11 is 0. The molecule has 1 aliphatic heterocycles. The van der Waals surface area contributed by atoms with Gasteiger partial charge in [0.1, 0.15) is 18.5 Å². The second-order valence-corrected chi connectivity index (χ2v) is 5.97. The molecule has 2 aromatic rings. The lowest BCUT2D eigenvalue weighted by Gasteiger charge is -2.29. The van der Waals surface area contributed by atoms with E-state index in [-0.39, 0.29) is 18.6 Å². The van der Waals surface area contributed by atoms with Crippen LogP contribution in [0.2, 0.25) is 0 Å². The van der Waals surface area contributed by atoms with Gasteiger partial charge >= 0.3 is 0 Å². The standard InChI is InChI=1S/C19H22N2O4/c1-21(11-16-13-24-17-8-3-4-9-18(17)25-16)12-19(22)20-14-6-5-7-15(10-14)23-2/h3-10,16H,11-13H2,1-2H3,(H,20,22). The van der Waals surface area contributed by atoms with Crippen molar-refractivity contribution in [2.45, 2.75) is 6.10 Å². The second-order valence-electron chi connectivity index (χ2n) is 5.97. The number of carbonyl (C=O) groups is 1. The first-order valence-electron chi connectivity index (χ1n) is 8.15. The van der Waals surface area contributed by atoms with Crippen LogP contribution in [0, 0.1) is 0 Å². The number of benzene rings is 2. The molecule has 1 atom stereocenters. The molecule has 0 saturated carbocycles. The quantitative estimate of drug-likeness (QED) is 0.874. The van der Waals surface area contributed by atoms with Gasteiger partial charge in [0.25, 0.3) is 0 Å². The number of hydrogen-bond acceptors (Lipinski definition) is 5. The molecule has 2 aromatic carbocycles. The predicted octanol–water partition coefficient (Wildman–Crippen LogP) is 2.41. The van der Waals surface area contributed by atoms with Crippen molar-refractivity contribution in [2.75, 3.05) is 39.2 Å². The van der Waals surface area contributed by atoms with E-state index in [2.05, 4.69) is 5.32 Å². The van der Waals surface area contributed by atoms with Crippen molar-refractivity contribution in [3.8, 4) is 17.2 Å². The lowest BCUT2D eigenvalue weighted by Crippen LogP contribution is -2.42. The molecule has 25 heavy (non-hydrogen) atoms. The van der Waals surface area contributed by atoms with Crippen molar-refractivity contribution in [2.24, 2.45) is 0 Å². The zero-order valence-corrected chi connectivity index (χ0v) is 14.4. The molecule has 1 aliphatic rings. The van der Waals surface area contributed by atoms with Crippen LogP contribution < -0.4 is 19.5 Å². The smallest absolute Gasteiger partial charge is 0.238 e. The Balaban J connectivity index is 1.49. The highest BCUT2D eigenvalue weighted by Crippen LogP contribution is 2.30. The molecule has 1 unspecified atom stereocenters. The predicted molar refractivity (Wildman–Crippen MR) is 95.5 cm³/mol. The van der Waals surface area contributed by atoms with Gasteiger partial charge in [-0.1, -0.05) is 18.2 Å². The van der Waals surface area contributed by atoms with Crippen molar-refractivity contribution in [3.05, 3.63) is 48.5 Å². The van der Waals surface area contributed by atoms with Gasteiger partial charge in [-0.15, -0.1) is 0 Å². The number of fused-ring (bicyclic) bond motifs is 1. The summed E-state index contributed by atoms with van der Waals surface area (Å²) in [7, 11) is 3.48. The van der Waals surface area contributed by atoms with E-state index in [9.17, 15) is 4.79 Å². The van der Waals surface area contributed by atoms with Crippen LogP contribution in [0.4, 0.5) is 5.69 Å². The van der Waals surface area contributed by atoms with E-state index in [1.807, 2.05) is 54.4 Å². The molecular weight excluding hydrogens is 320 g/mol. The van der Waals surface area contributed by atoms with Gasteiger partial charge in [-0.05, 0) is 31.3 Å². The van der Waals surface area contributed by atoms with Gasteiger partial charge in [-0.3, -0.25) is 9.69 Å². The van der Waals surface area contributed by atoms with Crippen LogP contribution in [0.25, 0.3) is 0 Å². The van der Waals surface area contributed by atoms with Crippen LogP contribution in [0.5, 0.6) is 17.2 Å². The minimum absolute atomic E-state index is 0.0899. The number of carbonyl (C=O) groups excluding carboxylic acids is 1. The minimum Gasteiger partial charge on any atom is -0.497 e. The Morgan fingerprint density at radius 3 is 2.84 bits per heavy atom. The van der Waals surface area contributed by atoms with Gasteiger partial charge < -0.3 is 19.5 Å². The van der Waals surface area contributed by atoms with E-state index >= 15 is 0 Å². The molecule has 1 N–H and O–H groups in total. The molecule has 0 saturated heterocycles. The van der Waals surface area contributed by atoms with Crippen LogP contribution in [-0.4, -0.2) is 50.8 Å². The summed E-state index contributed by atoms with van der Waals surface area (Å²) in [4.78, 5) is 14.1. The largest absolute Gasteiger partial charge is 0.497 e. The van der Waals surface area contributed by atoms with Crippen molar-refractivity contribution >= 4 is 11.6 Å². The molecule has 3 rings (SSSR count). The normalized spacial score (nSPS) is 15.7. The fourth-order valence-corrected chi connectivity index (χ4v) is 2.71. The maximum atomic E-state index is 12.2. The molecule has 0 fully saturated rings. The van der Waals surface area contributed by atoms with Crippen LogP contribution >= 0.6 is 0 Å². The first-order valence-corrected chi connectivity index (χ1v) is 8.15. The average molecular weight is 342 g/mol. The number of rotatable bonds is 6. The van der Waals surface area contributed by atoms with E-state index < -0.39 is 0 Å². The number of ether oxygens (including phenoxy) is 3. The average Bonchev–Trinajstić information content (AvgIpc) is 2.61. The number of methoxy groups -OCH3 is 1. The van der Waals surface area contributed by atoms with Gasteiger partial charge in [-0.25, -0.2) is 0 Å². The number of anilines is 1. The zero-order chi connectivity index (χ0) is 17.6. The summed E-state index contributed by atoms with van der Waals surface area (Å²) in [5, 5.41) is 2.87. The van der Waals surface area contributed by atoms with Gasteiger partial charge in [0.2, 0.25) is 5.91 Å². The van der Waals surface area contributed by atoms with E-state index in [4.69, 9.17) is 14.2 Å². The molecule has 132 valence electrons. The number of hydrogen-bond donors (Lipinski definition) is 1. The highest BCUT2D eigenvalue weighted by atomic mass is 16.6. The third kappa shape index (κ3) is 4.64. The maximum Gasteiger partial charge on any atom is 0.238 e. The van der Waals surface area contributed by atoms with Crippen LogP contribution in [0.3, 0.4) is 0 Å². The van der Waals surface area contributed by atoms with Crippen molar-refractivity contribution in [3.63, 3.8) is 0 Å². The summed E-state index contributed by atoms with van der Waals surface area (Å²) in [6.45, 7) is 1.33. The maximum absolute atomic E-state index is 12.2. The number of para-hydroxylation sites is 2. The Kier molecular flexibility index (Phi) is 5.40. The zero-order valence-electron chi connectivity index (χ0n) is 14.4. The molecule has 1 amide bonds. The third-order valence-electron chi connectivity index (χ3n) is 3.85. The summed E-state index contributed by atoms with van der Waals surface area (Å²) in [6.07, 6.45) is -0.107. The Morgan fingerprint density at radius 1 is 1.24 bits per heavy atom. The van der Waals surface area contributed by atoms with Crippen LogP contribution in [0.15, 0.2) is 48.5 Å². The van der Waals surface area contributed by atoms with E-state index in [1.165, 1.54) is 0 Å². The minimum atomic E-state index is -0.107. The number of nitrogens with zero attached hydrogens (tertiary/aromatic N) is 1. The van der Waals surface area contributed by atoms with Crippen molar-refractivity contribution in [1.82, 2.24) is 4.90 Å². The van der Waals surface area contributed by atoms with Crippen molar-refractivity contribution in [1.29, 1.82) is 0 Å². The first kappa shape index (κ1) is 17.1. The number of amides is 1. The molecule has 0 radical (unpaired) electrons. The van der Waals surface area contributed by atoms with Crippen LogP contribution in [0.1, 0.15) is 0 Å². The van der Waals surface area contributed by atoms with Gasteiger partial charge in [0, 0.05) is 18.3 Å². The fraction of sp³-hybridized carbons (Fsp3) is 0.316. The van der Waals surface area contributed by atoms with Crippen LogP contribution in [-0.2, 0) is 4.79 Å². The molecule has 0 bridgehead atoms. The molecule has 1 heterocycles. The molecule has 6 nitrogen and oxygen atoms in total. The number of nitrogens with one attached hydrogen (secondary N) is 1. The van der Waals surface area contributed by atoms with Gasteiger partial charge in [-0.2, -0.15) is 0 Å². The lowest BCUT2D eigenvalue weighted by molar-refractivity contribution is -0.117. The van der Waals surface area contributed by atoms with Gasteiger partial charge in [0.15, 0.2) is 11.5 Å². The molecule has 0 aliphatic carbocycles. The first-order chi connectivity index (χ1) is 12.1. The summed E-state index contributed by atoms with van der Waals surface area (Å²) < 4.78 is 16.8. The summed E-state index contributed by atoms with van der Waals surface area (Å²) in [5.74, 6) is 2.12. The monoisotopic (exact) mass is 342 g/mol. The third-order valence-corrected chi connectivity index (χ3v) is 3.85. The van der Waals surface area contributed by atoms with E-state index in [0.29, 0.717) is 24.6 Å². The molecule has 0 aromatic heterocycles. The molecular formula is C19H22N2O4. The number of likely N-dealkylation sites (N-methyl/N-ethyl adjacent to an activating group) is 1. The summed E-state index contributed by atoms with van der Waals surface area (Å²) in [5.41, 5.74) is 0.712. The highest BCUT2D eigenvalue weighted by molar-refractivity contribution is 5.92. The van der Waals surface area contributed by atoms with Gasteiger partial charge in [0.05, 0.1) is 13.7 Å². The van der Waals surface area contributed by atoms with E-state index in [1.54, 1.807) is 13.2 Å². The summed E-state index contributed by atoms with van der Waals surface area (Å²) in [6, 6.07) is 14.9. The second kappa shape index (κ2) is 7.90. The Morgan fingerprint density at radius 2 is 2.04 bits per heavy atom. The topological polar surface area (TPSA) is 60.0 Å². The SMILES string of the molecule is COc1cccc(NC(=O)CN(C)CC2COc3ccccc3O2)c1. The fourth-order valence-electron chi connectivity index (χ4n) is 2.71. The molecule has 6 heteroatoms. The van der Waals surface area contributed by atoms with Crippen molar-refractivity contribution < 1.29 is 19.0 Å².